The Hall–Kier alpha value is -2.09. The molecule has 0 bridgehead atoms. The molecule has 0 fully saturated rings. The molecule has 1 N–H and O–H groups in total. The van der Waals surface area contributed by atoms with E-state index in [1.54, 1.807) is 13.8 Å². The molecule has 0 aromatic heterocycles. The van der Waals surface area contributed by atoms with Crippen molar-refractivity contribution in [2.45, 2.75) is 44.9 Å². The van der Waals surface area contributed by atoms with Gasteiger partial charge in [-0.15, -0.1) is 0 Å². The van der Waals surface area contributed by atoms with Gasteiger partial charge in [-0.2, -0.15) is 4.31 Å². The summed E-state index contributed by atoms with van der Waals surface area (Å²) in [5, 5.41) is 3.02. The Morgan fingerprint density at radius 3 is 2.50 bits per heavy atom. The first-order valence-electron chi connectivity index (χ1n) is 10.1. The molecule has 164 valence electrons. The number of carbonyl (C=O) groups excluding carboxylic acids is 1. The summed E-state index contributed by atoms with van der Waals surface area (Å²) in [6, 6.07) is 12.2. The fourth-order valence-corrected chi connectivity index (χ4v) is 4.62. The smallest absolute Gasteiger partial charge is 0.243 e. The molecule has 0 unspecified atom stereocenters. The van der Waals surface area contributed by atoms with Gasteiger partial charge in [-0.25, -0.2) is 8.42 Å². The summed E-state index contributed by atoms with van der Waals surface area (Å²) < 4.78 is 32.4. The summed E-state index contributed by atoms with van der Waals surface area (Å²) in [5.41, 5.74) is 1.43. The maximum absolute atomic E-state index is 12.7. The van der Waals surface area contributed by atoms with Crippen molar-refractivity contribution in [1.29, 1.82) is 0 Å². The molecule has 2 rings (SSSR count). The number of rotatable bonds is 11. The zero-order valence-electron chi connectivity index (χ0n) is 17.7. The zero-order chi connectivity index (χ0) is 22.1. The van der Waals surface area contributed by atoms with Crippen molar-refractivity contribution >= 4 is 33.2 Å². The maximum atomic E-state index is 12.7. The van der Waals surface area contributed by atoms with Gasteiger partial charge in [-0.05, 0) is 55.7 Å². The summed E-state index contributed by atoms with van der Waals surface area (Å²) in [5.74, 6) is 0.599. The van der Waals surface area contributed by atoms with Crippen LogP contribution in [0.2, 0.25) is 5.02 Å². The number of benzene rings is 2. The molecule has 0 saturated heterocycles. The molecule has 8 heteroatoms. The van der Waals surface area contributed by atoms with Crippen LogP contribution in [0.4, 0.5) is 5.69 Å². The van der Waals surface area contributed by atoms with Crippen LogP contribution in [0.1, 0.15) is 38.7 Å². The first kappa shape index (κ1) is 24.2. The number of nitrogens with zero attached hydrogens (tertiary/aromatic N) is 1. The summed E-state index contributed by atoms with van der Waals surface area (Å²) in [7, 11) is -3.62. The minimum Gasteiger partial charge on any atom is -0.494 e. The lowest BCUT2D eigenvalue weighted by molar-refractivity contribution is -0.116. The molecule has 30 heavy (non-hydrogen) atoms. The second-order valence-corrected chi connectivity index (χ2v) is 9.25. The van der Waals surface area contributed by atoms with E-state index in [2.05, 4.69) is 5.32 Å². The fraction of sp³-hybridized carbons (Fsp3) is 0.409. The molecular formula is C22H29ClN2O4S. The van der Waals surface area contributed by atoms with Gasteiger partial charge in [0.1, 0.15) is 5.75 Å². The van der Waals surface area contributed by atoms with Crippen molar-refractivity contribution in [2.75, 3.05) is 25.0 Å². The van der Waals surface area contributed by atoms with E-state index in [1.165, 1.54) is 22.5 Å². The number of anilines is 1. The van der Waals surface area contributed by atoms with Crippen molar-refractivity contribution < 1.29 is 17.9 Å². The third-order valence-corrected chi connectivity index (χ3v) is 6.99. The van der Waals surface area contributed by atoms with Gasteiger partial charge in [0.2, 0.25) is 15.9 Å². The van der Waals surface area contributed by atoms with Crippen LogP contribution in [0.25, 0.3) is 0 Å². The van der Waals surface area contributed by atoms with E-state index in [0.29, 0.717) is 43.2 Å². The zero-order valence-corrected chi connectivity index (χ0v) is 19.2. The maximum Gasteiger partial charge on any atom is 0.243 e. The summed E-state index contributed by atoms with van der Waals surface area (Å²) in [6.45, 7) is 6.83. The second kappa shape index (κ2) is 11.3. The van der Waals surface area contributed by atoms with Gasteiger partial charge >= 0.3 is 0 Å². The first-order chi connectivity index (χ1) is 14.3. The highest BCUT2D eigenvalue weighted by Crippen LogP contribution is 2.27. The number of unbranched alkanes of at least 4 members (excludes halogenated alkanes) is 1. The molecule has 0 aliphatic carbocycles. The molecule has 0 heterocycles. The number of sulfonamides is 1. The van der Waals surface area contributed by atoms with Crippen LogP contribution in [-0.2, 0) is 14.8 Å². The van der Waals surface area contributed by atoms with Crippen molar-refractivity contribution in [3.8, 4) is 5.75 Å². The summed E-state index contributed by atoms with van der Waals surface area (Å²) in [6.07, 6.45) is 1.67. The van der Waals surface area contributed by atoms with E-state index in [-0.39, 0.29) is 10.8 Å². The van der Waals surface area contributed by atoms with Crippen LogP contribution >= 0.6 is 11.6 Å². The van der Waals surface area contributed by atoms with E-state index in [4.69, 9.17) is 16.3 Å². The van der Waals surface area contributed by atoms with Gasteiger partial charge in [0.05, 0.1) is 22.2 Å². The van der Waals surface area contributed by atoms with E-state index in [0.717, 1.165) is 17.7 Å². The first-order valence-corrected chi connectivity index (χ1v) is 11.9. The van der Waals surface area contributed by atoms with Gasteiger partial charge in [0.25, 0.3) is 0 Å². The summed E-state index contributed by atoms with van der Waals surface area (Å²) >= 11 is 6.16. The van der Waals surface area contributed by atoms with Crippen molar-refractivity contribution in [3.05, 3.63) is 53.1 Å². The Kier molecular flexibility index (Phi) is 9.14. The Labute approximate surface area is 184 Å². The Balaban J connectivity index is 1.88. The molecule has 2 aromatic carbocycles. The van der Waals surface area contributed by atoms with E-state index in [9.17, 15) is 13.2 Å². The van der Waals surface area contributed by atoms with Gasteiger partial charge in [0, 0.05) is 19.5 Å². The standard InChI is InChI=1S/C22H29ClN2O4S/c1-4-25(5-2)30(27,28)19-12-13-20(23)21(16-19)24-22(26)11-6-7-14-29-18-10-8-9-17(3)15-18/h8-10,12-13,15-16H,4-7,11,14H2,1-3H3,(H,24,26). The SMILES string of the molecule is CCN(CC)S(=O)(=O)c1ccc(Cl)c(NC(=O)CCCCOc2cccc(C)c2)c1. The Morgan fingerprint density at radius 2 is 1.83 bits per heavy atom. The highest BCUT2D eigenvalue weighted by molar-refractivity contribution is 7.89. The highest BCUT2D eigenvalue weighted by Gasteiger charge is 2.22. The number of halogens is 1. The highest BCUT2D eigenvalue weighted by atomic mass is 35.5. The molecule has 0 aliphatic rings. The molecule has 0 atom stereocenters. The average Bonchev–Trinajstić information content (AvgIpc) is 2.70. The van der Waals surface area contributed by atoms with Crippen molar-refractivity contribution in [3.63, 3.8) is 0 Å². The molecule has 1 amide bonds. The van der Waals surface area contributed by atoms with E-state index >= 15 is 0 Å². The third-order valence-electron chi connectivity index (χ3n) is 4.61. The predicted molar refractivity (Wildman–Crippen MR) is 121 cm³/mol. The molecular weight excluding hydrogens is 424 g/mol. The fourth-order valence-electron chi connectivity index (χ4n) is 2.97. The molecule has 0 saturated carbocycles. The number of carbonyl (C=O) groups is 1. The van der Waals surface area contributed by atoms with Crippen LogP contribution < -0.4 is 10.1 Å². The van der Waals surface area contributed by atoms with Crippen molar-refractivity contribution in [2.24, 2.45) is 0 Å². The number of nitrogens with one attached hydrogen (secondary N) is 1. The number of ether oxygens (including phenoxy) is 1. The molecule has 0 radical (unpaired) electrons. The Morgan fingerprint density at radius 1 is 1.10 bits per heavy atom. The lowest BCUT2D eigenvalue weighted by Gasteiger charge is -2.19. The quantitative estimate of drug-likeness (QED) is 0.493. The Bertz CT molecular complexity index is 959. The number of hydrogen-bond acceptors (Lipinski definition) is 4. The lowest BCUT2D eigenvalue weighted by atomic mass is 10.2. The predicted octanol–water partition coefficient (Wildman–Crippen LogP) is 4.87. The van der Waals surface area contributed by atoms with E-state index in [1.807, 2.05) is 31.2 Å². The van der Waals surface area contributed by atoms with E-state index < -0.39 is 10.0 Å². The van der Waals surface area contributed by atoms with Crippen LogP contribution in [0.3, 0.4) is 0 Å². The van der Waals surface area contributed by atoms with Gasteiger partial charge < -0.3 is 10.1 Å². The molecule has 0 spiro atoms. The second-order valence-electron chi connectivity index (χ2n) is 6.90. The van der Waals surface area contributed by atoms with Crippen LogP contribution in [-0.4, -0.2) is 38.3 Å². The number of amides is 1. The van der Waals surface area contributed by atoms with Crippen LogP contribution in [0.15, 0.2) is 47.4 Å². The normalized spacial score (nSPS) is 11.5. The molecule has 2 aromatic rings. The third kappa shape index (κ3) is 6.72. The monoisotopic (exact) mass is 452 g/mol. The van der Waals surface area contributed by atoms with Gasteiger partial charge in [-0.3, -0.25) is 4.79 Å². The van der Waals surface area contributed by atoms with Crippen LogP contribution in [0.5, 0.6) is 5.75 Å². The molecule has 6 nitrogen and oxygen atoms in total. The average molecular weight is 453 g/mol. The lowest BCUT2D eigenvalue weighted by Crippen LogP contribution is -2.30. The van der Waals surface area contributed by atoms with Gasteiger partial charge in [-0.1, -0.05) is 37.6 Å². The van der Waals surface area contributed by atoms with Crippen molar-refractivity contribution in [1.82, 2.24) is 4.31 Å². The largest absolute Gasteiger partial charge is 0.494 e. The molecule has 0 aliphatic heterocycles. The topological polar surface area (TPSA) is 75.7 Å². The minimum absolute atomic E-state index is 0.109. The van der Waals surface area contributed by atoms with Gasteiger partial charge in [0.15, 0.2) is 0 Å². The number of hydrogen-bond donors (Lipinski definition) is 1. The summed E-state index contributed by atoms with van der Waals surface area (Å²) in [4.78, 5) is 12.4. The minimum atomic E-state index is -3.62. The van der Waals surface area contributed by atoms with Crippen LogP contribution in [0, 0.1) is 6.92 Å². The number of aryl methyl sites for hydroxylation is 1.